The van der Waals surface area contributed by atoms with Gasteiger partial charge < -0.3 is 20.8 Å². The molecule has 1 aliphatic heterocycles. The molecular formula is C15H15ClN4O5S. The molecule has 0 aliphatic carbocycles. The fourth-order valence-corrected chi connectivity index (χ4v) is 3.81. The second-order valence-electron chi connectivity index (χ2n) is 5.37. The average Bonchev–Trinajstić information content (AvgIpc) is 2.54. The normalized spacial score (nSPS) is 15.9. The van der Waals surface area contributed by atoms with Crippen molar-refractivity contribution < 1.29 is 24.1 Å². The van der Waals surface area contributed by atoms with E-state index in [2.05, 4.69) is 20.3 Å². The molecule has 2 aromatic rings. The van der Waals surface area contributed by atoms with Gasteiger partial charge in [0.2, 0.25) is 5.96 Å². The monoisotopic (exact) mass is 398 g/mol. The summed E-state index contributed by atoms with van der Waals surface area (Å²) in [6.07, 6.45) is -1.14. The van der Waals surface area contributed by atoms with E-state index in [1.54, 1.807) is 24.3 Å². The Balaban J connectivity index is 1.88. The van der Waals surface area contributed by atoms with E-state index in [1.165, 1.54) is 12.1 Å². The van der Waals surface area contributed by atoms with Crippen molar-refractivity contribution in [3.63, 3.8) is 0 Å². The largest absolute Gasteiger partial charge is 0.506 e. The van der Waals surface area contributed by atoms with E-state index >= 15 is 0 Å². The van der Waals surface area contributed by atoms with Crippen molar-refractivity contribution in [3.8, 4) is 5.75 Å². The lowest BCUT2D eigenvalue weighted by Gasteiger charge is -2.37. The highest BCUT2D eigenvalue weighted by Crippen LogP contribution is 2.55. The van der Waals surface area contributed by atoms with Crippen molar-refractivity contribution in [2.45, 2.75) is 11.4 Å². The molecule has 11 heteroatoms. The molecule has 0 radical (unpaired) electrons. The van der Waals surface area contributed by atoms with Crippen molar-refractivity contribution in [2.24, 2.45) is 4.99 Å². The predicted molar refractivity (Wildman–Crippen MR) is 99.4 cm³/mol. The molecule has 0 bridgehead atoms. The number of benzene rings is 2. The van der Waals surface area contributed by atoms with Gasteiger partial charge in [0.15, 0.2) is 0 Å². The van der Waals surface area contributed by atoms with Crippen LogP contribution in [0.4, 0.5) is 16.2 Å². The van der Waals surface area contributed by atoms with Crippen LogP contribution in [0.2, 0.25) is 5.02 Å². The highest BCUT2D eigenvalue weighted by atomic mass is 35.5. The molecule has 0 saturated carbocycles. The zero-order chi connectivity index (χ0) is 18.9. The van der Waals surface area contributed by atoms with Gasteiger partial charge in [-0.05, 0) is 23.8 Å². The molecular weight excluding hydrogens is 384 g/mol. The number of nitrogens with one attached hydrogen (secondary N) is 3. The summed E-state index contributed by atoms with van der Waals surface area (Å²) in [5.41, 5.74) is 1.22. The summed E-state index contributed by atoms with van der Waals surface area (Å²) in [5.74, 6) is -0.272. The minimum Gasteiger partial charge on any atom is -0.506 e. The number of fused-ring (bicyclic) bond motifs is 1. The SMILES string of the molecule is O=C(O)NCc1cccc(NC2=Nc3c(O)cc(Cl)cc3S(O)(O)N2)c1. The number of aliphatic imine (C=N–C) groups is 1. The zero-order valence-corrected chi connectivity index (χ0v) is 14.7. The Bertz CT molecular complexity index is 906. The van der Waals surface area contributed by atoms with Crippen molar-refractivity contribution in [2.75, 3.05) is 5.32 Å². The molecule has 26 heavy (non-hydrogen) atoms. The fraction of sp³-hybridized carbons (Fsp3) is 0.0667. The molecule has 0 spiro atoms. The number of aromatic hydroxyl groups is 1. The van der Waals surface area contributed by atoms with Crippen LogP contribution in [0.25, 0.3) is 0 Å². The third-order valence-electron chi connectivity index (χ3n) is 3.42. The number of anilines is 1. The number of phenolic OH excluding ortho intramolecular Hbond substituents is 1. The smallest absolute Gasteiger partial charge is 0.404 e. The van der Waals surface area contributed by atoms with E-state index < -0.39 is 16.9 Å². The molecule has 9 nitrogen and oxygen atoms in total. The summed E-state index contributed by atoms with van der Waals surface area (Å²) in [4.78, 5) is 14.7. The number of amides is 1. The molecule has 1 aliphatic rings. The number of rotatable bonds is 3. The van der Waals surface area contributed by atoms with Crippen LogP contribution in [0.5, 0.6) is 5.75 Å². The molecule has 7 N–H and O–H groups in total. The number of hydrogen-bond acceptors (Lipinski definition) is 7. The maximum absolute atomic E-state index is 10.6. The van der Waals surface area contributed by atoms with Crippen molar-refractivity contribution in [1.29, 1.82) is 0 Å². The van der Waals surface area contributed by atoms with E-state index in [-0.39, 0.29) is 33.9 Å². The molecule has 0 aromatic heterocycles. The van der Waals surface area contributed by atoms with Gasteiger partial charge in [-0.2, -0.15) is 0 Å². The first-order valence-electron chi connectivity index (χ1n) is 7.24. The molecule has 1 amide bonds. The number of hydrogen-bond donors (Lipinski definition) is 7. The topological polar surface area (TPSA) is 146 Å². The third kappa shape index (κ3) is 3.94. The average molecular weight is 399 g/mol. The van der Waals surface area contributed by atoms with Gasteiger partial charge in [-0.15, -0.1) is 0 Å². The van der Waals surface area contributed by atoms with Crippen LogP contribution in [0.3, 0.4) is 0 Å². The Morgan fingerprint density at radius 1 is 1.27 bits per heavy atom. The molecule has 138 valence electrons. The molecule has 0 fully saturated rings. The zero-order valence-electron chi connectivity index (χ0n) is 13.1. The van der Waals surface area contributed by atoms with Crippen LogP contribution in [-0.2, 0) is 6.54 Å². The van der Waals surface area contributed by atoms with E-state index in [9.17, 15) is 19.0 Å². The summed E-state index contributed by atoms with van der Waals surface area (Å²) < 4.78 is 23.0. The van der Waals surface area contributed by atoms with Crippen LogP contribution in [0, 0.1) is 0 Å². The Kier molecular flexibility index (Phi) is 4.83. The van der Waals surface area contributed by atoms with Crippen LogP contribution in [0.15, 0.2) is 46.3 Å². The number of carbonyl (C=O) groups is 1. The quantitative estimate of drug-likeness (QED) is 0.418. The highest BCUT2D eigenvalue weighted by molar-refractivity contribution is 8.23. The number of nitrogens with zero attached hydrogens (tertiary/aromatic N) is 1. The van der Waals surface area contributed by atoms with Gasteiger partial charge in [-0.1, -0.05) is 34.5 Å². The molecule has 3 rings (SSSR count). The second kappa shape index (κ2) is 6.92. The van der Waals surface area contributed by atoms with Gasteiger partial charge in [0.05, 0.1) is 0 Å². The molecule has 2 aromatic carbocycles. The first-order chi connectivity index (χ1) is 12.2. The van der Waals surface area contributed by atoms with Gasteiger partial charge in [-0.25, -0.2) is 14.5 Å². The van der Waals surface area contributed by atoms with Gasteiger partial charge in [0.25, 0.3) is 0 Å². The van der Waals surface area contributed by atoms with E-state index in [0.717, 1.165) is 0 Å². The Morgan fingerprint density at radius 3 is 2.77 bits per heavy atom. The first kappa shape index (κ1) is 18.1. The van der Waals surface area contributed by atoms with Crippen molar-refractivity contribution in [3.05, 3.63) is 47.0 Å². The number of phenols is 1. The lowest BCUT2D eigenvalue weighted by atomic mass is 10.2. The minimum atomic E-state index is -3.47. The maximum Gasteiger partial charge on any atom is 0.404 e. The third-order valence-corrected chi connectivity index (χ3v) is 5.04. The number of carboxylic acid groups (broad SMARTS) is 1. The lowest BCUT2D eigenvalue weighted by Crippen LogP contribution is -2.35. The van der Waals surface area contributed by atoms with Gasteiger partial charge in [0, 0.05) is 23.3 Å². The predicted octanol–water partition coefficient (Wildman–Crippen LogP) is 3.54. The summed E-state index contributed by atoms with van der Waals surface area (Å²) in [6.45, 7) is 0.113. The lowest BCUT2D eigenvalue weighted by molar-refractivity contribution is 0.194. The van der Waals surface area contributed by atoms with Gasteiger partial charge in [-0.3, -0.25) is 9.11 Å². The van der Waals surface area contributed by atoms with E-state index in [1.807, 2.05) is 0 Å². The molecule has 0 unspecified atom stereocenters. The van der Waals surface area contributed by atoms with E-state index in [4.69, 9.17) is 16.7 Å². The summed E-state index contributed by atoms with van der Waals surface area (Å²) in [5, 5.41) is 23.9. The van der Waals surface area contributed by atoms with E-state index in [0.29, 0.717) is 11.3 Å². The molecule has 0 saturated heterocycles. The number of halogens is 1. The molecule has 0 atom stereocenters. The second-order valence-corrected chi connectivity index (χ2v) is 7.55. The van der Waals surface area contributed by atoms with Crippen LogP contribution in [0.1, 0.15) is 5.56 Å². The van der Waals surface area contributed by atoms with Crippen molar-refractivity contribution in [1.82, 2.24) is 10.0 Å². The number of guanidine groups is 1. The Labute approximate surface area is 154 Å². The van der Waals surface area contributed by atoms with Crippen LogP contribution in [-0.4, -0.2) is 31.4 Å². The van der Waals surface area contributed by atoms with Gasteiger partial charge >= 0.3 is 6.09 Å². The van der Waals surface area contributed by atoms with Crippen LogP contribution < -0.4 is 15.4 Å². The highest BCUT2D eigenvalue weighted by Gasteiger charge is 2.29. The first-order valence-corrected chi connectivity index (χ1v) is 9.17. The molecule has 1 heterocycles. The fourth-order valence-electron chi connectivity index (χ4n) is 2.34. The van der Waals surface area contributed by atoms with Crippen LogP contribution >= 0.6 is 22.4 Å². The standard InChI is InChI=1S/C15H15ClN4O5S/c16-9-5-11(21)13-12(6-9)26(24,25)20-14(19-13)18-10-3-1-2-8(4-10)7-17-15(22)23/h1-6,17,21,24-25H,7H2,(H,22,23)(H2,18,19,20). The summed E-state index contributed by atoms with van der Waals surface area (Å²) in [6, 6.07) is 9.36. The maximum atomic E-state index is 10.6. The Hall–Kier alpha value is -2.66. The summed E-state index contributed by atoms with van der Waals surface area (Å²) >= 11 is 5.84. The van der Waals surface area contributed by atoms with Gasteiger partial charge in [0.1, 0.15) is 16.3 Å². The minimum absolute atomic E-state index is 0.000603. The van der Waals surface area contributed by atoms with Crippen molar-refractivity contribution >= 4 is 45.8 Å². The summed E-state index contributed by atoms with van der Waals surface area (Å²) in [7, 11) is -3.47. The Morgan fingerprint density at radius 2 is 2.04 bits per heavy atom.